The molecule has 1 atom stereocenters. The van der Waals surface area contributed by atoms with E-state index in [9.17, 15) is 13.2 Å². The van der Waals surface area contributed by atoms with E-state index in [1.54, 1.807) is 12.3 Å². The van der Waals surface area contributed by atoms with E-state index in [-0.39, 0.29) is 6.04 Å². The van der Waals surface area contributed by atoms with E-state index in [2.05, 4.69) is 20.0 Å². The third kappa shape index (κ3) is 3.18. The summed E-state index contributed by atoms with van der Waals surface area (Å²) >= 11 is 0. The average Bonchev–Trinajstić information content (AvgIpc) is 3.15. The van der Waals surface area contributed by atoms with Crippen LogP contribution in [0.1, 0.15) is 23.6 Å². The lowest BCUT2D eigenvalue weighted by Gasteiger charge is -2.41. The number of nitrogens with zero attached hydrogens (tertiary/aromatic N) is 3. The zero-order valence-electron chi connectivity index (χ0n) is 13.6. The molecule has 1 unspecified atom stereocenters. The first-order valence-corrected chi connectivity index (χ1v) is 8.35. The van der Waals surface area contributed by atoms with Gasteiger partial charge in [-0.3, -0.25) is 10.00 Å². The van der Waals surface area contributed by atoms with Crippen molar-refractivity contribution in [1.82, 2.24) is 15.1 Å². The van der Waals surface area contributed by atoms with Crippen LogP contribution in [0.3, 0.4) is 0 Å². The molecule has 1 fully saturated rings. The second-order valence-corrected chi connectivity index (χ2v) is 6.37. The molecule has 2 aromatic rings. The lowest BCUT2D eigenvalue weighted by Crippen LogP contribution is -2.48. The largest absolute Gasteiger partial charge is 0.493 e. The summed E-state index contributed by atoms with van der Waals surface area (Å²) in [4.78, 5) is 4.57. The van der Waals surface area contributed by atoms with Gasteiger partial charge in [0, 0.05) is 50.3 Å². The highest BCUT2D eigenvalue weighted by molar-refractivity contribution is 5.42. The van der Waals surface area contributed by atoms with Crippen molar-refractivity contribution in [1.29, 1.82) is 0 Å². The highest BCUT2D eigenvalue weighted by Gasteiger charge is 2.34. The Morgan fingerprint density at radius 1 is 1.12 bits per heavy atom. The Hall–Kier alpha value is -2.22. The van der Waals surface area contributed by atoms with Gasteiger partial charge in [0.05, 0.1) is 18.4 Å². The van der Waals surface area contributed by atoms with Crippen LogP contribution in [0.5, 0.6) is 5.75 Å². The van der Waals surface area contributed by atoms with E-state index in [4.69, 9.17) is 4.74 Å². The molecular formula is C17H19F3N4O. The fourth-order valence-electron chi connectivity index (χ4n) is 3.63. The summed E-state index contributed by atoms with van der Waals surface area (Å²) in [6.07, 6.45) is -1.82. The van der Waals surface area contributed by atoms with E-state index in [0.717, 1.165) is 56.1 Å². The Kier molecular flexibility index (Phi) is 4.07. The van der Waals surface area contributed by atoms with Gasteiger partial charge < -0.3 is 9.64 Å². The third-order valence-electron chi connectivity index (χ3n) is 4.93. The van der Waals surface area contributed by atoms with Crippen molar-refractivity contribution < 1.29 is 17.9 Å². The fraction of sp³-hybridized carbons (Fsp3) is 0.471. The molecule has 0 aliphatic carbocycles. The lowest BCUT2D eigenvalue weighted by atomic mass is 9.96. The van der Waals surface area contributed by atoms with Crippen molar-refractivity contribution in [2.75, 3.05) is 37.7 Å². The standard InChI is InChI=1S/C17H19F3N4O/c18-17(19,20)12-1-2-13-14(4-10-25-15(13)11-12)23-6-8-24(9-7-23)16-3-5-21-22-16/h1-3,5,11,14H,4,6-10H2,(H,21,22). The number of piperazine rings is 1. The smallest absolute Gasteiger partial charge is 0.416 e. The first-order valence-electron chi connectivity index (χ1n) is 8.35. The number of halogens is 3. The van der Waals surface area contributed by atoms with E-state index < -0.39 is 11.7 Å². The minimum Gasteiger partial charge on any atom is -0.493 e. The molecule has 1 saturated heterocycles. The normalized spacial score (nSPS) is 21.7. The highest BCUT2D eigenvalue weighted by Crippen LogP contribution is 2.40. The van der Waals surface area contributed by atoms with Gasteiger partial charge in [-0.25, -0.2) is 0 Å². The number of benzene rings is 1. The van der Waals surface area contributed by atoms with Gasteiger partial charge in [0.15, 0.2) is 0 Å². The number of hydrogen-bond acceptors (Lipinski definition) is 4. The molecule has 3 heterocycles. The summed E-state index contributed by atoms with van der Waals surface area (Å²) < 4.78 is 44.2. The summed E-state index contributed by atoms with van der Waals surface area (Å²) in [6.45, 7) is 3.86. The number of alkyl halides is 3. The summed E-state index contributed by atoms with van der Waals surface area (Å²) in [5.41, 5.74) is 0.199. The van der Waals surface area contributed by atoms with Crippen molar-refractivity contribution in [3.63, 3.8) is 0 Å². The Labute approximate surface area is 143 Å². The minimum atomic E-state index is -4.35. The van der Waals surface area contributed by atoms with Gasteiger partial charge in [0.2, 0.25) is 0 Å². The zero-order valence-corrected chi connectivity index (χ0v) is 13.6. The molecule has 1 N–H and O–H groups in total. The van der Waals surface area contributed by atoms with Crippen LogP contribution in [0, 0.1) is 0 Å². The fourth-order valence-corrected chi connectivity index (χ4v) is 3.63. The summed E-state index contributed by atoms with van der Waals surface area (Å²) in [5, 5.41) is 6.94. The van der Waals surface area contributed by atoms with Gasteiger partial charge in [0.25, 0.3) is 0 Å². The van der Waals surface area contributed by atoms with Crippen molar-refractivity contribution in [3.05, 3.63) is 41.6 Å². The van der Waals surface area contributed by atoms with Crippen molar-refractivity contribution in [3.8, 4) is 5.75 Å². The number of nitrogens with one attached hydrogen (secondary N) is 1. The number of aromatic amines is 1. The van der Waals surface area contributed by atoms with E-state index in [0.29, 0.717) is 12.4 Å². The molecular weight excluding hydrogens is 333 g/mol. The molecule has 0 saturated carbocycles. The third-order valence-corrected chi connectivity index (χ3v) is 4.93. The predicted molar refractivity (Wildman–Crippen MR) is 86.7 cm³/mol. The van der Waals surface area contributed by atoms with Crippen LogP contribution in [0.25, 0.3) is 0 Å². The second-order valence-electron chi connectivity index (χ2n) is 6.37. The SMILES string of the molecule is FC(F)(F)c1ccc2c(c1)OCCC2N1CCN(c2ccn[nH]2)CC1. The van der Waals surface area contributed by atoms with Gasteiger partial charge in [-0.05, 0) is 12.1 Å². The molecule has 1 aromatic heterocycles. The molecule has 2 aliphatic heterocycles. The number of aromatic nitrogens is 2. The minimum absolute atomic E-state index is 0.106. The van der Waals surface area contributed by atoms with Gasteiger partial charge in [-0.2, -0.15) is 18.3 Å². The Bertz CT molecular complexity index is 724. The molecule has 25 heavy (non-hydrogen) atoms. The van der Waals surface area contributed by atoms with Crippen LogP contribution in [-0.2, 0) is 6.18 Å². The van der Waals surface area contributed by atoms with Crippen LogP contribution in [-0.4, -0.2) is 47.9 Å². The van der Waals surface area contributed by atoms with E-state index >= 15 is 0 Å². The maximum Gasteiger partial charge on any atom is 0.416 e. The van der Waals surface area contributed by atoms with Crippen LogP contribution in [0.4, 0.5) is 19.0 Å². The molecule has 0 amide bonds. The maximum absolute atomic E-state index is 12.9. The van der Waals surface area contributed by atoms with Gasteiger partial charge >= 0.3 is 6.18 Å². The Balaban J connectivity index is 1.50. The molecule has 0 radical (unpaired) electrons. The topological polar surface area (TPSA) is 44.4 Å². The first-order chi connectivity index (χ1) is 12.0. The summed E-state index contributed by atoms with van der Waals surface area (Å²) in [7, 11) is 0. The van der Waals surface area contributed by atoms with Crippen LogP contribution >= 0.6 is 0 Å². The number of anilines is 1. The molecule has 8 heteroatoms. The first kappa shape index (κ1) is 16.3. The van der Waals surface area contributed by atoms with Crippen molar-refractivity contribution in [2.24, 2.45) is 0 Å². The van der Waals surface area contributed by atoms with Gasteiger partial charge in [0.1, 0.15) is 11.6 Å². The van der Waals surface area contributed by atoms with Crippen LogP contribution in [0.2, 0.25) is 0 Å². The predicted octanol–water partition coefficient (Wildman–Crippen LogP) is 3.07. The Morgan fingerprint density at radius 3 is 2.60 bits per heavy atom. The molecule has 1 aromatic carbocycles. The molecule has 0 bridgehead atoms. The van der Waals surface area contributed by atoms with Crippen molar-refractivity contribution in [2.45, 2.75) is 18.6 Å². The monoisotopic (exact) mass is 352 g/mol. The lowest BCUT2D eigenvalue weighted by molar-refractivity contribution is -0.137. The summed E-state index contributed by atoms with van der Waals surface area (Å²) in [5.74, 6) is 1.36. The number of rotatable bonds is 2. The molecule has 134 valence electrons. The highest BCUT2D eigenvalue weighted by atomic mass is 19.4. The number of ether oxygens (including phenoxy) is 1. The van der Waals surface area contributed by atoms with Crippen LogP contribution < -0.4 is 9.64 Å². The maximum atomic E-state index is 12.9. The Morgan fingerprint density at radius 2 is 1.92 bits per heavy atom. The summed E-state index contributed by atoms with van der Waals surface area (Å²) in [6, 6.07) is 5.90. The number of H-pyrrole nitrogens is 1. The quantitative estimate of drug-likeness (QED) is 0.902. The van der Waals surface area contributed by atoms with E-state index in [1.165, 1.54) is 0 Å². The molecule has 5 nitrogen and oxygen atoms in total. The average molecular weight is 352 g/mol. The van der Waals surface area contributed by atoms with Crippen LogP contribution in [0.15, 0.2) is 30.5 Å². The van der Waals surface area contributed by atoms with Gasteiger partial charge in [-0.15, -0.1) is 0 Å². The number of hydrogen-bond donors (Lipinski definition) is 1. The molecule has 2 aliphatic rings. The van der Waals surface area contributed by atoms with E-state index in [1.807, 2.05) is 6.07 Å². The van der Waals surface area contributed by atoms with Gasteiger partial charge in [-0.1, -0.05) is 6.07 Å². The van der Waals surface area contributed by atoms with Crippen molar-refractivity contribution >= 4 is 5.82 Å². The number of fused-ring (bicyclic) bond motifs is 1. The molecule has 4 rings (SSSR count). The second kappa shape index (κ2) is 6.25. The zero-order chi connectivity index (χ0) is 17.4. The molecule has 0 spiro atoms.